The Balaban J connectivity index is 1.93. The van der Waals surface area contributed by atoms with Crippen LogP contribution in [-0.2, 0) is 4.43 Å². The van der Waals surface area contributed by atoms with Gasteiger partial charge >= 0.3 is 0 Å². The average molecular weight is 476 g/mol. The van der Waals surface area contributed by atoms with Gasteiger partial charge in [0.25, 0.3) is 8.32 Å². The van der Waals surface area contributed by atoms with Crippen LogP contribution in [0.2, 0.25) is 5.04 Å². The molecule has 0 aliphatic carbocycles. The molecule has 0 N–H and O–H groups in total. The molecule has 0 saturated heterocycles. The first kappa shape index (κ1) is 22.3. The van der Waals surface area contributed by atoms with Crippen LogP contribution in [0.1, 0.15) is 26.3 Å². The minimum Gasteiger partial charge on any atom is -0.404 e. The van der Waals surface area contributed by atoms with E-state index in [1.165, 1.54) is 10.4 Å². The summed E-state index contributed by atoms with van der Waals surface area (Å²) >= 11 is 3.59. The minimum absolute atomic E-state index is 0.0360. The van der Waals surface area contributed by atoms with Crippen molar-refractivity contribution < 1.29 is 4.43 Å². The van der Waals surface area contributed by atoms with Crippen molar-refractivity contribution in [3.05, 3.63) is 107 Å². The molecule has 3 heteroatoms. The molecule has 3 aromatic rings. The Morgan fingerprint density at radius 1 is 0.833 bits per heavy atom. The van der Waals surface area contributed by atoms with Crippen molar-refractivity contribution in [1.82, 2.24) is 0 Å². The lowest BCUT2D eigenvalue weighted by Gasteiger charge is -2.42. The highest BCUT2D eigenvalue weighted by molar-refractivity contribution is 9.12. The van der Waals surface area contributed by atoms with Crippen molar-refractivity contribution in [3.63, 3.8) is 0 Å². The number of hydrogen-bond donors (Lipinski definition) is 0. The Morgan fingerprint density at radius 3 is 1.77 bits per heavy atom. The van der Waals surface area contributed by atoms with Crippen LogP contribution in [0.15, 0.2) is 102 Å². The van der Waals surface area contributed by atoms with Gasteiger partial charge in [-0.15, -0.1) is 0 Å². The summed E-state index contributed by atoms with van der Waals surface area (Å²) < 4.78 is 7.69. The molecule has 0 aromatic heterocycles. The maximum absolute atomic E-state index is 6.85. The fourth-order valence-electron chi connectivity index (χ4n) is 3.71. The summed E-state index contributed by atoms with van der Waals surface area (Å²) in [5.41, 5.74) is 0.996. The quantitative estimate of drug-likeness (QED) is 0.330. The molecule has 3 aromatic carbocycles. The zero-order chi connectivity index (χ0) is 21.5. The van der Waals surface area contributed by atoms with Crippen LogP contribution >= 0.6 is 15.9 Å². The lowest BCUT2D eigenvalue weighted by Crippen LogP contribution is -2.66. The molecule has 0 saturated carbocycles. The topological polar surface area (TPSA) is 9.23 Å². The first-order valence-corrected chi connectivity index (χ1v) is 12.8. The Morgan fingerprint density at radius 2 is 1.30 bits per heavy atom. The fraction of sp³-hybridized carbons (Fsp3) is 0.185. The van der Waals surface area contributed by atoms with E-state index >= 15 is 0 Å². The molecule has 30 heavy (non-hydrogen) atoms. The highest BCUT2D eigenvalue weighted by Gasteiger charge is 2.49. The zero-order valence-corrected chi connectivity index (χ0v) is 20.3. The molecular formula is C27H27BrOSi. The van der Waals surface area contributed by atoms with E-state index in [0.717, 1.165) is 10.0 Å². The van der Waals surface area contributed by atoms with E-state index in [-0.39, 0.29) is 5.04 Å². The summed E-state index contributed by atoms with van der Waals surface area (Å²) in [5, 5.41) is 2.53. The molecular weight excluding hydrogens is 448 g/mol. The van der Waals surface area contributed by atoms with Crippen LogP contribution in [0, 0.1) is 11.8 Å². The van der Waals surface area contributed by atoms with E-state index in [9.17, 15) is 0 Å². The van der Waals surface area contributed by atoms with E-state index < -0.39 is 8.32 Å². The Labute approximate surface area is 190 Å². The van der Waals surface area contributed by atoms with Gasteiger partial charge in [0.1, 0.15) is 0 Å². The molecule has 0 heterocycles. The van der Waals surface area contributed by atoms with Crippen molar-refractivity contribution in [1.29, 1.82) is 0 Å². The van der Waals surface area contributed by atoms with Crippen molar-refractivity contribution >= 4 is 34.6 Å². The lowest BCUT2D eigenvalue weighted by molar-refractivity contribution is 0.339. The van der Waals surface area contributed by atoms with Crippen molar-refractivity contribution in [3.8, 4) is 11.8 Å². The first-order valence-electron chi connectivity index (χ1n) is 10.1. The van der Waals surface area contributed by atoms with Gasteiger partial charge in [-0.3, -0.25) is 0 Å². The first-order chi connectivity index (χ1) is 14.4. The Hall–Kier alpha value is -2.38. The number of halogens is 1. The smallest absolute Gasteiger partial charge is 0.261 e. The van der Waals surface area contributed by atoms with Gasteiger partial charge in [-0.05, 0) is 49.6 Å². The maximum Gasteiger partial charge on any atom is 0.261 e. The average Bonchev–Trinajstić information content (AvgIpc) is 2.76. The van der Waals surface area contributed by atoms with E-state index in [1.807, 2.05) is 36.4 Å². The third-order valence-electron chi connectivity index (χ3n) is 5.08. The second-order valence-corrected chi connectivity index (χ2v) is 13.3. The highest BCUT2D eigenvalue weighted by Crippen LogP contribution is 2.36. The zero-order valence-electron chi connectivity index (χ0n) is 17.7. The highest BCUT2D eigenvalue weighted by atomic mass is 79.9. The van der Waals surface area contributed by atoms with Gasteiger partial charge in [0.05, 0.1) is 11.1 Å². The lowest BCUT2D eigenvalue weighted by atomic mass is 10.2. The molecule has 0 bridgehead atoms. The second kappa shape index (κ2) is 10.1. The van der Waals surface area contributed by atoms with Gasteiger partial charge in [-0.1, -0.05) is 111 Å². The van der Waals surface area contributed by atoms with Crippen LogP contribution in [0.4, 0.5) is 0 Å². The van der Waals surface area contributed by atoms with Crippen molar-refractivity contribution in [2.24, 2.45) is 0 Å². The summed E-state index contributed by atoms with van der Waals surface area (Å²) in [5.74, 6) is 6.34. The summed E-state index contributed by atoms with van der Waals surface area (Å²) in [4.78, 5) is 0. The van der Waals surface area contributed by atoms with E-state index in [0.29, 0.717) is 6.61 Å². The molecule has 0 unspecified atom stereocenters. The molecule has 0 fully saturated rings. The largest absolute Gasteiger partial charge is 0.404 e. The molecule has 1 nitrogen and oxygen atoms in total. The van der Waals surface area contributed by atoms with Gasteiger partial charge in [0.15, 0.2) is 0 Å². The van der Waals surface area contributed by atoms with Gasteiger partial charge in [0, 0.05) is 5.56 Å². The number of rotatable bonds is 5. The van der Waals surface area contributed by atoms with Crippen LogP contribution in [0.3, 0.4) is 0 Å². The molecule has 3 rings (SSSR count). The van der Waals surface area contributed by atoms with Crippen molar-refractivity contribution in [2.45, 2.75) is 25.8 Å². The normalized spacial score (nSPS) is 12.2. The standard InChI is InChI=1S/C27H27BrOSi/c1-27(2,3)30(25-15-9-5-10-16-25,26-17-11-6-12-18-26)29-22-21-24(28)20-19-23-13-7-4-8-14-23/h4-18,21H,22H2,1-3H3/b24-21-. The maximum atomic E-state index is 6.85. The minimum atomic E-state index is -2.52. The second-order valence-electron chi connectivity index (χ2n) is 8.14. The Bertz CT molecular complexity index is 987. The van der Waals surface area contributed by atoms with Crippen molar-refractivity contribution in [2.75, 3.05) is 6.61 Å². The summed E-state index contributed by atoms with van der Waals surface area (Å²) in [6.07, 6.45) is 2.02. The number of benzene rings is 3. The molecule has 0 aliphatic heterocycles. The number of hydrogen-bond acceptors (Lipinski definition) is 1. The molecule has 0 amide bonds. The van der Waals surface area contributed by atoms with E-state index in [2.05, 4.69) is 109 Å². The predicted octanol–water partition coefficient (Wildman–Crippen LogP) is 5.89. The molecule has 152 valence electrons. The monoisotopic (exact) mass is 474 g/mol. The van der Waals surface area contributed by atoms with E-state index in [4.69, 9.17) is 4.43 Å². The van der Waals surface area contributed by atoms with Crippen LogP contribution in [0.25, 0.3) is 0 Å². The molecule has 0 aliphatic rings. The summed E-state index contributed by atoms with van der Waals surface area (Å²) in [7, 11) is -2.52. The van der Waals surface area contributed by atoms with Gasteiger partial charge < -0.3 is 4.43 Å². The van der Waals surface area contributed by atoms with E-state index in [1.54, 1.807) is 0 Å². The van der Waals surface area contributed by atoms with Crippen LogP contribution in [-0.4, -0.2) is 14.9 Å². The molecule has 0 spiro atoms. The predicted molar refractivity (Wildman–Crippen MR) is 134 cm³/mol. The molecule has 0 radical (unpaired) electrons. The summed E-state index contributed by atoms with van der Waals surface area (Å²) in [6.45, 7) is 7.35. The third-order valence-corrected chi connectivity index (χ3v) is 10.6. The number of allylic oxidation sites excluding steroid dienone is 1. The van der Waals surface area contributed by atoms with Gasteiger partial charge in [-0.25, -0.2) is 0 Å². The van der Waals surface area contributed by atoms with Crippen LogP contribution < -0.4 is 10.4 Å². The van der Waals surface area contributed by atoms with Crippen LogP contribution in [0.5, 0.6) is 0 Å². The van der Waals surface area contributed by atoms with Gasteiger partial charge in [-0.2, -0.15) is 0 Å². The summed E-state index contributed by atoms with van der Waals surface area (Å²) in [6, 6.07) is 31.4. The fourth-order valence-corrected chi connectivity index (χ4v) is 8.43. The SMILES string of the molecule is CC(C)(C)[Si](OC/C=C(\Br)C#Cc1ccccc1)(c1ccccc1)c1ccccc1. The molecule has 0 atom stereocenters. The third kappa shape index (κ3) is 5.20. The Kier molecular flexibility index (Phi) is 7.50. The van der Waals surface area contributed by atoms with Gasteiger partial charge in [0.2, 0.25) is 0 Å².